The van der Waals surface area contributed by atoms with E-state index in [9.17, 15) is 33.6 Å². The zero-order valence-corrected chi connectivity index (χ0v) is 51.3. The summed E-state index contributed by atoms with van der Waals surface area (Å²) in [6.45, 7) is 8.80. The topological polar surface area (TPSA) is 199 Å². The van der Waals surface area contributed by atoms with Gasteiger partial charge < -0.3 is 43.4 Å². The summed E-state index contributed by atoms with van der Waals surface area (Å²) in [4.78, 5) is 95.1. The van der Waals surface area contributed by atoms with Crippen LogP contribution in [0.5, 0.6) is 0 Å². The first-order valence-corrected chi connectivity index (χ1v) is 32.7. The highest BCUT2D eigenvalue weighted by atomic mass is 16.6. The van der Waals surface area contributed by atoms with Crippen molar-refractivity contribution >= 4 is 41.9 Å². The number of esters is 6. The first kappa shape index (κ1) is 70.0. The lowest BCUT2D eigenvalue weighted by atomic mass is 9.49. The highest BCUT2D eigenvalue weighted by Crippen LogP contribution is 2.61. The Balaban J connectivity index is 1.41. The molecule has 0 radical (unpaired) electrons. The van der Waals surface area contributed by atoms with Gasteiger partial charge in [-0.15, -0.1) is 0 Å². The van der Waals surface area contributed by atoms with Crippen molar-refractivity contribution in [3.63, 3.8) is 0 Å². The van der Waals surface area contributed by atoms with Crippen LogP contribution in [0.15, 0.2) is 24.3 Å². The van der Waals surface area contributed by atoms with E-state index in [1.165, 1.54) is 44.9 Å². The number of hydrogen-bond acceptors (Lipinski definition) is 15. The van der Waals surface area contributed by atoms with Crippen molar-refractivity contribution in [1.29, 1.82) is 0 Å². The van der Waals surface area contributed by atoms with E-state index in [2.05, 4.69) is 43.1 Å². The smallest absolute Gasteiger partial charge is 0.407 e. The molecule has 82 heavy (non-hydrogen) atoms. The number of hydrogen-bond donors (Lipinski definition) is 1. The number of alkyl carbamates (subject to hydrolysis) is 1. The van der Waals surface area contributed by atoms with Crippen LogP contribution in [0, 0.1) is 28.6 Å². The van der Waals surface area contributed by atoms with Crippen LogP contribution in [0.4, 0.5) is 4.79 Å². The molecule has 0 aromatic carbocycles. The molecule has 16 heteroatoms. The molecule has 4 saturated carbocycles. The Morgan fingerprint density at radius 2 is 0.902 bits per heavy atom. The molecule has 0 aromatic rings. The molecule has 5 aliphatic rings. The molecule has 468 valence electrons. The quantitative estimate of drug-likeness (QED) is 0.0261. The second kappa shape index (κ2) is 42.4. The lowest BCUT2D eigenvalue weighted by molar-refractivity contribution is -0.173. The maximum absolute atomic E-state index is 14.0. The van der Waals surface area contributed by atoms with E-state index in [0.717, 1.165) is 116 Å². The van der Waals surface area contributed by atoms with Gasteiger partial charge in [-0.3, -0.25) is 28.8 Å². The van der Waals surface area contributed by atoms with Crippen molar-refractivity contribution in [3.8, 4) is 0 Å². The summed E-state index contributed by atoms with van der Waals surface area (Å²) in [6.07, 6.45) is 35.6. The van der Waals surface area contributed by atoms with Gasteiger partial charge in [0.15, 0.2) is 0 Å². The van der Waals surface area contributed by atoms with Crippen molar-refractivity contribution in [3.05, 3.63) is 24.3 Å². The lowest BCUT2D eigenvalue weighted by Crippen LogP contribution is -2.47. The third-order valence-corrected chi connectivity index (χ3v) is 17.0. The fraction of sp³-hybridized carbons (Fsp3) is 0.833. The Morgan fingerprint density at radius 3 is 1.39 bits per heavy atom. The minimum absolute atomic E-state index is 0.0146. The number of nitrogens with one attached hydrogen (secondary N) is 1. The van der Waals surface area contributed by atoms with Crippen LogP contribution in [0.3, 0.4) is 0 Å². The van der Waals surface area contributed by atoms with Crippen molar-refractivity contribution in [2.75, 3.05) is 65.8 Å². The molecule has 0 aromatic heterocycles. The maximum atomic E-state index is 14.0. The first-order valence-electron chi connectivity index (χ1n) is 32.7. The summed E-state index contributed by atoms with van der Waals surface area (Å²) >= 11 is 0. The number of likely N-dealkylation sites (tertiary alicyclic amines) is 1. The molecule has 4 bridgehead atoms. The van der Waals surface area contributed by atoms with Crippen molar-refractivity contribution in [2.24, 2.45) is 28.6 Å². The first-order chi connectivity index (χ1) is 39.8. The average Bonchev–Trinajstić information content (AvgIpc) is 3.87. The van der Waals surface area contributed by atoms with Gasteiger partial charge in [0.2, 0.25) is 0 Å². The normalized spacial score (nSPS) is 19.8. The Bertz CT molecular complexity index is 1800. The summed E-state index contributed by atoms with van der Waals surface area (Å²) in [5, 5.41) is 2.89. The van der Waals surface area contributed by atoms with E-state index in [-0.39, 0.29) is 68.9 Å². The second-order valence-corrected chi connectivity index (χ2v) is 24.7. The number of ether oxygens (including phenoxy) is 7. The van der Waals surface area contributed by atoms with Gasteiger partial charge in [-0.2, -0.15) is 0 Å². The van der Waals surface area contributed by atoms with E-state index in [4.69, 9.17) is 33.2 Å². The molecule has 1 heterocycles. The predicted octanol–water partition coefficient (Wildman–Crippen LogP) is 13.7. The van der Waals surface area contributed by atoms with Crippen LogP contribution in [-0.2, 0) is 61.9 Å². The molecule has 1 aliphatic heterocycles. The van der Waals surface area contributed by atoms with Gasteiger partial charge in [-0.25, -0.2) is 4.79 Å². The molecule has 0 spiro atoms. The molecule has 16 nitrogen and oxygen atoms in total. The van der Waals surface area contributed by atoms with E-state index in [1.807, 2.05) is 12.2 Å². The fourth-order valence-electron chi connectivity index (χ4n) is 12.7. The van der Waals surface area contributed by atoms with Crippen LogP contribution in [-0.4, -0.2) is 119 Å². The van der Waals surface area contributed by atoms with Gasteiger partial charge in [0.05, 0.1) is 19.6 Å². The van der Waals surface area contributed by atoms with E-state index < -0.39 is 61.3 Å². The molecular formula is C66H110N2O14. The summed E-state index contributed by atoms with van der Waals surface area (Å²) < 4.78 is 40.6. The van der Waals surface area contributed by atoms with E-state index in [0.29, 0.717) is 82.5 Å². The number of unbranched alkanes of at least 4 members (excludes halogenated alkanes) is 13. The molecule has 5 fully saturated rings. The molecule has 4 aliphatic carbocycles. The van der Waals surface area contributed by atoms with Crippen molar-refractivity contribution in [2.45, 2.75) is 258 Å². The molecule has 1 atom stereocenters. The van der Waals surface area contributed by atoms with Gasteiger partial charge in [-0.05, 0) is 171 Å². The van der Waals surface area contributed by atoms with Crippen molar-refractivity contribution < 1.29 is 66.7 Å². The molecule has 1 amide bonds. The summed E-state index contributed by atoms with van der Waals surface area (Å²) in [6, 6.07) is 0. The highest BCUT2D eigenvalue weighted by molar-refractivity contribution is 5.73. The van der Waals surface area contributed by atoms with Gasteiger partial charge in [0, 0.05) is 45.2 Å². The van der Waals surface area contributed by atoms with Crippen molar-refractivity contribution in [1.82, 2.24) is 10.2 Å². The molecule has 1 saturated heterocycles. The Hall–Kier alpha value is -4.47. The maximum Gasteiger partial charge on any atom is 0.407 e. The van der Waals surface area contributed by atoms with Gasteiger partial charge in [0.25, 0.3) is 0 Å². The standard InChI is InChI=1S/C66H110N2O14/c1-4-7-10-13-16-19-28-41-76-58(69)31-22-24-33-60(71)78-50-66(53-81-63(74)49-65-46-54-43-55(47-65)45-56(44-54)48-65,51-79-61(72)34-25-23-32-59(70)77-42-29-20-17-14-11-8-5-2)52-80-62(73)36-35-57(30-21-18-15-12-9-6-3)82-64(75)67-37-40-68-38-26-27-39-68/h16-17,19-20,54-57H,4-15,18,21-53H2,1-3H3,(H,67,75)/b19-16-,20-17-. The largest absolute Gasteiger partial charge is 0.465 e. The molecular weight excluding hydrogens is 1040 g/mol. The predicted molar refractivity (Wildman–Crippen MR) is 317 cm³/mol. The third-order valence-electron chi connectivity index (χ3n) is 17.0. The fourth-order valence-corrected chi connectivity index (χ4v) is 12.7. The molecule has 5 rings (SSSR count). The summed E-state index contributed by atoms with van der Waals surface area (Å²) in [5.74, 6) is -0.950. The van der Waals surface area contributed by atoms with Gasteiger partial charge in [0.1, 0.15) is 37.9 Å². The zero-order valence-electron chi connectivity index (χ0n) is 51.3. The van der Waals surface area contributed by atoms with Crippen LogP contribution < -0.4 is 5.32 Å². The third kappa shape index (κ3) is 31.4. The molecule has 1 unspecified atom stereocenters. The van der Waals surface area contributed by atoms with Gasteiger partial charge >= 0.3 is 41.9 Å². The SMILES string of the molecule is CCCCC/C=C\CCOC(=O)CCCCC(=O)OCC(COC(=O)CCCCC(=O)OCC/C=C\CCCCC)(COC(=O)CCC(CCCCCCCC)OC(=O)NCCN1CCCC1)COC(=O)CC12CC3CC(CC(C3)C1)C2. The minimum Gasteiger partial charge on any atom is -0.465 e. The number of carbonyl (C=O) groups excluding carboxylic acids is 7. The number of nitrogens with zero attached hydrogens (tertiary/aromatic N) is 1. The van der Waals surface area contributed by atoms with Crippen LogP contribution >= 0.6 is 0 Å². The second-order valence-electron chi connectivity index (χ2n) is 24.7. The Labute approximate surface area is 493 Å². The summed E-state index contributed by atoms with van der Waals surface area (Å²) in [7, 11) is 0. The monoisotopic (exact) mass is 1150 g/mol. The van der Waals surface area contributed by atoms with Gasteiger partial charge in [-0.1, -0.05) is 103 Å². The molecule has 1 N–H and O–H groups in total. The number of rotatable bonds is 48. The Morgan fingerprint density at radius 1 is 0.488 bits per heavy atom. The lowest BCUT2D eigenvalue weighted by Gasteiger charge is -2.56. The zero-order chi connectivity index (χ0) is 58.9. The average molecular weight is 1160 g/mol. The summed E-state index contributed by atoms with van der Waals surface area (Å²) in [5.41, 5.74) is -1.60. The van der Waals surface area contributed by atoms with Crippen LogP contribution in [0.1, 0.15) is 252 Å². The Kier molecular flexibility index (Phi) is 36.2. The number of carbonyl (C=O) groups is 7. The van der Waals surface area contributed by atoms with E-state index in [1.54, 1.807) is 0 Å². The minimum atomic E-state index is -1.48. The highest BCUT2D eigenvalue weighted by Gasteiger charge is 2.52. The van der Waals surface area contributed by atoms with Crippen LogP contribution in [0.25, 0.3) is 0 Å². The van der Waals surface area contributed by atoms with Crippen LogP contribution in [0.2, 0.25) is 0 Å². The number of amides is 1. The van der Waals surface area contributed by atoms with E-state index >= 15 is 0 Å². The number of allylic oxidation sites excluding steroid dienone is 2.